The molecule has 7 heteroatoms. The summed E-state index contributed by atoms with van der Waals surface area (Å²) < 4.78 is 5.76. The Morgan fingerprint density at radius 2 is 1.92 bits per heavy atom. The number of amides is 1. The van der Waals surface area contributed by atoms with Crippen LogP contribution in [0.3, 0.4) is 0 Å². The summed E-state index contributed by atoms with van der Waals surface area (Å²) >= 11 is 0. The molecule has 0 bridgehead atoms. The number of ether oxygens (including phenoxy) is 1. The first-order chi connectivity index (χ1) is 11.7. The van der Waals surface area contributed by atoms with E-state index in [0.717, 1.165) is 13.1 Å². The number of hydrogen-bond donors (Lipinski definition) is 1. The topological polar surface area (TPSA) is 84.7 Å². The number of nitro groups is 1. The van der Waals surface area contributed by atoms with Gasteiger partial charge in [0, 0.05) is 36.8 Å². The monoisotopic (exact) mass is 349 g/mol. The molecule has 1 aliphatic heterocycles. The molecule has 2 atom stereocenters. The van der Waals surface area contributed by atoms with Gasteiger partial charge in [-0.3, -0.25) is 19.8 Å². The molecule has 7 nitrogen and oxygen atoms in total. The molecule has 1 heterocycles. The summed E-state index contributed by atoms with van der Waals surface area (Å²) in [7, 11) is 0. The number of carbonyl (C=O) groups excluding carboxylic acids is 1. The Morgan fingerprint density at radius 1 is 1.32 bits per heavy atom. The van der Waals surface area contributed by atoms with Crippen LogP contribution < -0.4 is 5.32 Å². The van der Waals surface area contributed by atoms with Crippen molar-refractivity contribution in [3.8, 4) is 0 Å². The molecule has 1 amide bonds. The Bertz CT molecular complexity index is 623. The lowest BCUT2D eigenvalue weighted by Crippen LogP contribution is -2.58. The fraction of sp³-hybridized carbons (Fsp3) is 0.611. The average Bonchev–Trinajstić information content (AvgIpc) is 2.52. The molecular weight excluding hydrogens is 322 g/mol. The molecule has 1 aromatic rings. The Morgan fingerprint density at radius 3 is 2.52 bits per heavy atom. The molecule has 1 N–H and O–H groups in total. The predicted octanol–water partition coefficient (Wildman–Crippen LogP) is 2.14. The van der Waals surface area contributed by atoms with E-state index in [4.69, 9.17) is 4.74 Å². The van der Waals surface area contributed by atoms with Crippen molar-refractivity contribution in [3.63, 3.8) is 0 Å². The summed E-state index contributed by atoms with van der Waals surface area (Å²) in [4.78, 5) is 25.2. The lowest BCUT2D eigenvalue weighted by Gasteiger charge is -2.45. The maximum Gasteiger partial charge on any atom is 0.273 e. The van der Waals surface area contributed by atoms with Gasteiger partial charge in [0.25, 0.3) is 5.69 Å². The van der Waals surface area contributed by atoms with Crippen molar-refractivity contribution in [2.75, 3.05) is 19.6 Å². The number of carbonyl (C=O) groups is 1. The molecule has 0 aromatic heterocycles. The van der Waals surface area contributed by atoms with Crippen molar-refractivity contribution in [2.24, 2.45) is 0 Å². The van der Waals surface area contributed by atoms with Gasteiger partial charge < -0.3 is 10.1 Å². The predicted molar refractivity (Wildman–Crippen MR) is 95.5 cm³/mol. The minimum atomic E-state index is -0.455. The quantitative estimate of drug-likeness (QED) is 0.628. The van der Waals surface area contributed by atoms with Crippen molar-refractivity contribution in [2.45, 2.75) is 51.9 Å². The van der Waals surface area contributed by atoms with Crippen LogP contribution in [-0.2, 0) is 16.0 Å². The lowest BCUT2D eigenvalue weighted by atomic mass is 9.99. The normalized spacial score (nSPS) is 21.8. The van der Waals surface area contributed by atoms with E-state index in [1.54, 1.807) is 18.2 Å². The number of para-hydroxylation sites is 1. The van der Waals surface area contributed by atoms with Gasteiger partial charge in [0.05, 0.1) is 23.6 Å². The van der Waals surface area contributed by atoms with Gasteiger partial charge in [-0.05, 0) is 27.7 Å². The molecule has 0 saturated carbocycles. The maximum atomic E-state index is 12.3. The largest absolute Gasteiger partial charge is 0.373 e. The number of nitrogens with one attached hydrogen (secondary N) is 1. The highest BCUT2D eigenvalue weighted by Gasteiger charge is 2.33. The van der Waals surface area contributed by atoms with Crippen molar-refractivity contribution in [3.05, 3.63) is 39.9 Å². The Hall–Kier alpha value is -1.99. The van der Waals surface area contributed by atoms with E-state index < -0.39 is 4.92 Å². The van der Waals surface area contributed by atoms with Gasteiger partial charge in [0.15, 0.2) is 0 Å². The van der Waals surface area contributed by atoms with Crippen molar-refractivity contribution in [1.82, 2.24) is 10.2 Å². The number of benzene rings is 1. The molecule has 0 radical (unpaired) electrons. The van der Waals surface area contributed by atoms with Crippen LogP contribution in [0.25, 0.3) is 0 Å². The highest BCUT2D eigenvalue weighted by atomic mass is 16.6. The average molecular weight is 349 g/mol. The maximum absolute atomic E-state index is 12.3. The SMILES string of the molecule is CC1CN(C(C)(C)CNC(=O)Cc2ccccc2[N+](=O)[O-])CC(C)O1. The van der Waals surface area contributed by atoms with Crippen LogP contribution in [0.2, 0.25) is 0 Å². The second-order valence-electron chi connectivity index (χ2n) is 7.31. The molecule has 2 rings (SSSR count). The van der Waals surface area contributed by atoms with Crippen molar-refractivity contribution >= 4 is 11.6 Å². The lowest BCUT2D eigenvalue weighted by molar-refractivity contribution is -0.385. The summed E-state index contributed by atoms with van der Waals surface area (Å²) in [6.07, 6.45) is 0.319. The molecular formula is C18H27N3O4. The Balaban J connectivity index is 1.94. The van der Waals surface area contributed by atoms with Crippen molar-refractivity contribution in [1.29, 1.82) is 0 Å². The molecule has 0 spiro atoms. The molecule has 0 aliphatic carbocycles. The second-order valence-corrected chi connectivity index (χ2v) is 7.31. The first-order valence-corrected chi connectivity index (χ1v) is 8.58. The molecule has 25 heavy (non-hydrogen) atoms. The van der Waals surface area contributed by atoms with Crippen LogP contribution in [0.1, 0.15) is 33.3 Å². The number of hydrogen-bond acceptors (Lipinski definition) is 5. The number of morpholine rings is 1. The number of rotatable bonds is 6. The smallest absolute Gasteiger partial charge is 0.273 e. The van der Waals surface area contributed by atoms with E-state index in [0.29, 0.717) is 12.1 Å². The van der Waals surface area contributed by atoms with E-state index in [2.05, 4.69) is 24.1 Å². The van der Waals surface area contributed by atoms with Gasteiger partial charge in [-0.25, -0.2) is 0 Å². The number of nitrogens with zero attached hydrogens (tertiary/aromatic N) is 2. The fourth-order valence-electron chi connectivity index (χ4n) is 3.17. The van der Waals surface area contributed by atoms with Gasteiger partial charge in [0.2, 0.25) is 5.91 Å². The first kappa shape index (κ1) is 19.3. The van der Waals surface area contributed by atoms with Crippen LogP contribution in [0.5, 0.6) is 0 Å². The minimum absolute atomic E-state index is 0.00313. The summed E-state index contributed by atoms with van der Waals surface area (Å²) in [6, 6.07) is 6.34. The van der Waals surface area contributed by atoms with E-state index >= 15 is 0 Å². The molecule has 1 fully saturated rings. The Kier molecular flexibility index (Phi) is 6.13. The standard InChI is InChI=1S/C18H27N3O4/c1-13-10-20(11-14(2)25-13)18(3,4)12-19-17(22)9-15-7-5-6-8-16(15)21(23)24/h5-8,13-14H,9-12H2,1-4H3,(H,19,22). The van der Waals surface area contributed by atoms with E-state index in [1.807, 2.05) is 13.8 Å². The third kappa shape index (κ3) is 5.24. The van der Waals surface area contributed by atoms with Gasteiger partial charge >= 0.3 is 0 Å². The van der Waals surface area contributed by atoms with E-state index in [1.165, 1.54) is 6.07 Å². The zero-order valence-corrected chi connectivity index (χ0v) is 15.3. The molecule has 1 saturated heterocycles. The molecule has 2 unspecified atom stereocenters. The summed E-state index contributed by atoms with van der Waals surface area (Å²) in [6.45, 7) is 10.4. The van der Waals surface area contributed by atoms with Crippen LogP contribution >= 0.6 is 0 Å². The summed E-state index contributed by atoms with van der Waals surface area (Å²) in [5.74, 6) is -0.211. The zero-order valence-electron chi connectivity index (χ0n) is 15.3. The third-order valence-corrected chi connectivity index (χ3v) is 4.53. The third-order valence-electron chi connectivity index (χ3n) is 4.53. The zero-order chi connectivity index (χ0) is 18.6. The van der Waals surface area contributed by atoms with Crippen LogP contribution in [0.15, 0.2) is 24.3 Å². The van der Waals surface area contributed by atoms with Crippen LogP contribution in [-0.4, -0.2) is 53.1 Å². The van der Waals surface area contributed by atoms with Gasteiger partial charge in [0.1, 0.15) is 0 Å². The number of nitro benzene ring substituents is 1. The molecule has 138 valence electrons. The molecule has 1 aromatic carbocycles. The fourth-order valence-corrected chi connectivity index (χ4v) is 3.17. The highest BCUT2D eigenvalue weighted by molar-refractivity contribution is 5.79. The van der Waals surface area contributed by atoms with E-state index in [9.17, 15) is 14.9 Å². The highest BCUT2D eigenvalue weighted by Crippen LogP contribution is 2.21. The van der Waals surface area contributed by atoms with Crippen LogP contribution in [0, 0.1) is 10.1 Å². The minimum Gasteiger partial charge on any atom is -0.373 e. The second kappa shape index (κ2) is 7.93. The summed E-state index contributed by atoms with van der Waals surface area (Å²) in [5.41, 5.74) is 0.189. The first-order valence-electron chi connectivity index (χ1n) is 8.58. The van der Waals surface area contributed by atoms with Gasteiger partial charge in [-0.2, -0.15) is 0 Å². The molecule has 1 aliphatic rings. The van der Waals surface area contributed by atoms with Gasteiger partial charge in [-0.1, -0.05) is 18.2 Å². The van der Waals surface area contributed by atoms with E-state index in [-0.39, 0.29) is 35.8 Å². The van der Waals surface area contributed by atoms with Crippen molar-refractivity contribution < 1.29 is 14.5 Å². The van der Waals surface area contributed by atoms with Crippen LogP contribution in [0.4, 0.5) is 5.69 Å². The Labute approximate surface area is 148 Å². The van der Waals surface area contributed by atoms with Gasteiger partial charge in [-0.15, -0.1) is 0 Å². The summed E-state index contributed by atoms with van der Waals surface area (Å²) in [5, 5.41) is 14.0.